The second-order valence-electron chi connectivity index (χ2n) is 2.69. The minimum Gasteiger partial charge on any atom is -0.675 e. The van der Waals surface area contributed by atoms with E-state index in [1.54, 1.807) is 0 Å². The van der Waals surface area contributed by atoms with Crippen LogP contribution in [0.25, 0.3) is 5.73 Å². The molecule has 0 saturated heterocycles. The van der Waals surface area contributed by atoms with Gasteiger partial charge in [-0.05, 0) is 0 Å². The molecule has 9 heavy (non-hydrogen) atoms. The van der Waals surface area contributed by atoms with Crippen LogP contribution in [0.4, 0.5) is 0 Å². The summed E-state index contributed by atoms with van der Waals surface area (Å²) in [5, 5.41) is 0. The molecule has 0 bridgehead atoms. The van der Waals surface area contributed by atoms with Gasteiger partial charge in [0.05, 0.1) is 0 Å². The molecule has 1 saturated carbocycles. The number of rotatable bonds is 0. The van der Waals surface area contributed by atoms with E-state index in [1.165, 1.54) is 25.7 Å². The minimum atomic E-state index is 0. The Bertz CT molecular complexity index is 57.9. The maximum absolute atomic E-state index is 7.41. The summed E-state index contributed by atoms with van der Waals surface area (Å²) < 4.78 is 0. The zero-order valence-corrected chi connectivity index (χ0v) is 7.38. The van der Waals surface area contributed by atoms with Crippen molar-refractivity contribution in [2.24, 2.45) is 0 Å². The molecular weight excluding hydrogens is 146 g/mol. The first-order valence-electron chi connectivity index (χ1n) is 3.61. The van der Waals surface area contributed by atoms with Gasteiger partial charge in [-0.25, -0.2) is 0 Å². The van der Waals surface area contributed by atoms with Crippen molar-refractivity contribution in [1.82, 2.24) is 0 Å². The third-order valence-corrected chi connectivity index (χ3v) is 1.86. The molecule has 0 radical (unpaired) electrons. The second kappa shape index (κ2) is 5.46. The molecule has 0 aromatic rings. The molecule has 2 heteroatoms. The normalized spacial score (nSPS) is 22.3. The van der Waals surface area contributed by atoms with E-state index >= 15 is 0 Å². The van der Waals surface area contributed by atoms with E-state index in [4.69, 9.17) is 5.73 Å². The summed E-state index contributed by atoms with van der Waals surface area (Å²) in [7, 11) is 0. The Labute approximate surface area is 72.3 Å². The van der Waals surface area contributed by atoms with Gasteiger partial charge in [0.2, 0.25) is 0 Å². The quantitative estimate of drug-likeness (QED) is 0.384. The van der Waals surface area contributed by atoms with Crippen molar-refractivity contribution in [2.45, 2.75) is 44.6 Å². The Hall–Kier alpha value is 0.674. The molecule has 1 fully saturated rings. The molecule has 0 atom stereocenters. The average Bonchev–Trinajstić information content (AvgIpc) is 1.94. The zero-order chi connectivity index (χ0) is 5.82. The molecular formula is C7H14NTi-. The van der Waals surface area contributed by atoms with E-state index < -0.39 is 0 Å². The SMILES string of the molecule is [NH-]C1CCCCCC1.[Ti]. The van der Waals surface area contributed by atoms with Crippen LogP contribution in [0.1, 0.15) is 38.5 Å². The van der Waals surface area contributed by atoms with Gasteiger partial charge < -0.3 is 5.73 Å². The van der Waals surface area contributed by atoms with E-state index in [0.29, 0.717) is 0 Å². The van der Waals surface area contributed by atoms with Crippen LogP contribution >= 0.6 is 0 Å². The summed E-state index contributed by atoms with van der Waals surface area (Å²) in [6, 6.07) is 0.275. The van der Waals surface area contributed by atoms with Gasteiger partial charge in [-0.3, -0.25) is 0 Å². The number of hydrogen-bond donors (Lipinski definition) is 0. The molecule has 1 N–H and O–H groups in total. The van der Waals surface area contributed by atoms with Crippen LogP contribution in [-0.2, 0) is 21.7 Å². The predicted octanol–water partition coefficient (Wildman–Crippen LogP) is 2.76. The second-order valence-corrected chi connectivity index (χ2v) is 2.69. The van der Waals surface area contributed by atoms with Crippen molar-refractivity contribution in [2.75, 3.05) is 0 Å². The van der Waals surface area contributed by atoms with E-state index in [2.05, 4.69) is 0 Å². The van der Waals surface area contributed by atoms with Crippen molar-refractivity contribution >= 4 is 0 Å². The molecule has 0 aromatic heterocycles. The molecule has 0 aliphatic heterocycles. The fraction of sp³-hybridized carbons (Fsp3) is 1.00. The van der Waals surface area contributed by atoms with Crippen LogP contribution in [0.2, 0.25) is 0 Å². The molecule has 0 heterocycles. The van der Waals surface area contributed by atoms with Gasteiger partial charge >= 0.3 is 0 Å². The van der Waals surface area contributed by atoms with Gasteiger partial charge in [0, 0.05) is 21.7 Å². The van der Waals surface area contributed by atoms with Gasteiger partial charge in [-0.1, -0.05) is 38.5 Å². The van der Waals surface area contributed by atoms with Crippen molar-refractivity contribution < 1.29 is 21.7 Å². The van der Waals surface area contributed by atoms with Gasteiger partial charge in [-0.2, -0.15) is 0 Å². The first-order chi connectivity index (χ1) is 3.89. The van der Waals surface area contributed by atoms with Crippen LogP contribution in [0.15, 0.2) is 0 Å². The topological polar surface area (TPSA) is 23.8 Å². The summed E-state index contributed by atoms with van der Waals surface area (Å²) in [6.07, 6.45) is 7.65. The van der Waals surface area contributed by atoms with Gasteiger partial charge in [-0.15, -0.1) is 6.04 Å². The fourth-order valence-electron chi connectivity index (χ4n) is 1.28. The molecule has 0 aromatic carbocycles. The minimum absolute atomic E-state index is 0. The summed E-state index contributed by atoms with van der Waals surface area (Å²) in [5.74, 6) is 0. The largest absolute Gasteiger partial charge is 0.675 e. The molecule has 0 spiro atoms. The molecule has 1 nitrogen and oxygen atoms in total. The van der Waals surface area contributed by atoms with Crippen LogP contribution < -0.4 is 0 Å². The van der Waals surface area contributed by atoms with Gasteiger partial charge in [0.1, 0.15) is 0 Å². The molecule has 0 amide bonds. The van der Waals surface area contributed by atoms with E-state index in [9.17, 15) is 0 Å². The van der Waals surface area contributed by atoms with Crippen molar-refractivity contribution in [3.8, 4) is 0 Å². The van der Waals surface area contributed by atoms with Crippen LogP contribution in [0.5, 0.6) is 0 Å². The predicted molar refractivity (Wildman–Crippen MR) is 35.8 cm³/mol. The Balaban J connectivity index is 0.000000640. The first kappa shape index (κ1) is 9.67. The van der Waals surface area contributed by atoms with Crippen molar-refractivity contribution in [1.29, 1.82) is 0 Å². The maximum Gasteiger partial charge on any atom is 0 e. The Kier molecular flexibility index (Phi) is 5.87. The van der Waals surface area contributed by atoms with E-state index in [-0.39, 0.29) is 27.8 Å². The van der Waals surface area contributed by atoms with Crippen LogP contribution in [0, 0.1) is 0 Å². The number of hydrogen-bond acceptors (Lipinski definition) is 0. The van der Waals surface area contributed by atoms with Crippen molar-refractivity contribution in [3.05, 3.63) is 5.73 Å². The molecule has 1 rings (SSSR count). The molecule has 1 aliphatic rings. The fourth-order valence-corrected chi connectivity index (χ4v) is 1.28. The Morgan fingerprint density at radius 3 is 1.78 bits per heavy atom. The summed E-state index contributed by atoms with van der Waals surface area (Å²) >= 11 is 0. The Morgan fingerprint density at radius 1 is 0.889 bits per heavy atom. The molecule has 0 unspecified atom stereocenters. The number of nitrogens with one attached hydrogen (secondary N) is 1. The smallest absolute Gasteiger partial charge is 0 e. The zero-order valence-electron chi connectivity index (χ0n) is 5.82. The van der Waals surface area contributed by atoms with Gasteiger partial charge in [0.25, 0.3) is 0 Å². The monoisotopic (exact) mass is 160 g/mol. The van der Waals surface area contributed by atoms with Gasteiger partial charge in [0.15, 0.2) is 0 Å². The summed E-state index contributed by atoms with van der Waals surface area (Å²) in [5.41, 5.74) is 7.41. The molecule has 1 aliphatic carbocycles. The third-order valence-electron chi connectivity index (χ3n) is 1.86. The summed E-state index contributed by atoms with van der Waals surface area (Å²) in [4.78, 5) is 0. The summed E-state index contributed by atoms with van der Waals surface area (Å²) in [6.45, 7) is 0. The Morgan fingerprint density at radius 2 is 1.33 bits per heavy atom. The van der Waals surface area contributed by atoms with Crippen LogP contribution in [0.3, 0.4) is 0 Å². The maximum atomic E-state index is 7.41. The van der Waals surface area contributed by atoms with Crippen LogP contribution in [-0.4, -0.2) is 6.04 Å². The molecule has 52 valence electrons. The third kappa shape index (κ3) is 4.13. The first-order valence-corrected chi connectivity index (χ1v) is 3.61. The van der Waals surface area contributed by atoms with Crippen molar-refractivity contribution in [3.63, 3.8) is 0 Å². The average molecular weight is 160 g/mol. The van der Waals surface area contributed by atoms with E-state index in [1.807, 2.05) is 0 Å². The standard InChI is InChI=1S/C7H14N.Ti/c8-7-5-3-1-2-4-6-7;/h7-8H,1-6H2;/q-1;. The van der Waals surface area contributed by atoms with E-state index in [0.717, 1.165) is 12.8 Å².